The maximum atomic E-state index is 12.1. The van der Waals surface area contributed by atoms with Crippen molar-refractivity contribution in [2.45, 2.75) is 31.8 Å². The molecule has 1 aromatic heterocycles. The Morgan fingerprint density at radius 1 is 1.11 bits per heavy atom. The van der Waals surface area contributed by atoms with E-state index in [1.54, 1.807) is 6.33 Å². The average Bonchev–Trinajstić information content (AvgIpc) is 3.15. The summed E-state index contributed by atoms with van der Waals surface area (Å²) in [7, 11) is 0. The number of amides is 1. The number of hydrogen-bond acceptors (Lipinski definition) is 4. The Bertz CT molecular complexity index is 892. The van der Waals surface area contributed by atoms with E-state index in [-0.39, 0.29) is 5.91 Å². The number of carbonyl (C=O) groups is 1. The minimum atomic E-state index is 0.0164. The first-order chi connectivity index (χ1) is 13.1. The molecule has 0 aliphatic rings. The molecule has 0 radical (unpaired) electrons. The number of aryl methyl sites for hydroxylation is 3. The minimum absolute atomic E-state index is 0.0164. The van der Waals surface area contributed by atoms with E-state index in [1.165, 1.54) is 28.5 Å². The van der Waals surface area contributed by atoms with Crippen LogP contribution in [0.3, 0.4) is 0 Å². The van der Waals surface area contributed by atoms with Crippen molar-refractivity contribution in [1.82, 2.24) is 20.1 Å². The smallest absolute Gasteiger partial charge is 0.230 e. The molecule has 27 heavy (non-hydrogen) atoms. The van der Waals surface area contributed by atoms with Gasteiger partial charge in [0.1, 0.15) is 6.33 Å². The summed E-state index contributed by atoms with van der Waals surface area (Å²) in [6.45, 7) is 4.85. The number of thioether (sulfide) groups is 1. The number of rotatable bonds is 8. The van der Waals surface area contributed by atoms with Crippen LogP contribution in [0.4, 0.5) is 0 Å². The predicted molar refractivity (Wildman–Crippen MR) is 109 cm³/mol. The number of benzene rings is 2. The molecule has 1 N–H and O–H groups in total. The third-order valence-corrected chi connectivity index (χ3v) is 5.37. The van der Waals surface area contributed by atoms with Gasteiger partial charge in [-0.25, -0.2) is 0 Å². The van der Waals surface area contributed by atoms with Crippen molar-refractivity contribution in [3.05, 3.63) is 71.5 Å². The molecule has 0 aliphatic heterocycles. The van der Waals surface area contributed by atoms with Gasteiger partial charge in [-0.1, -0.05) is 48.2 Å². The van der Waals surface area contributed by atoms with Crippen molar-refractivity contribution >= 4 is 17.7 Å². The summed E-state index contributed by atoms with van der Waals surface area (Å²) in [5.41, 5.74) is 4.76. The highest BCUT2D eigenvalue weighted by molar-refractivity contribution is 7.99. The Labute approximate surface area is 164 Å². The normalized spacial score (nSPS) is 10.7. The molecule has 6 heteroatoms. The Morgan fingerprint density at radius 2 is 1.93 bits per heavy atom. The van der Waals surface area contributed by atoms with Crippen LogP contribution in [-0.2, 0) is 11.2 Å². The lowest BCUT2D eigenvalue weighted by atomic mass is 10.1. The van der Waals surface area contributed by atoms with Gasteiger partial charge in [-0.2, -0.15) is 0 Å². The van der Waals surface area contributed by atoms with E-state index in [0.717, 1.165) is 23.7 Å². The standard InChI is InChI=1S/C21H24N4OS/c1-16-10-11-19(13-17(16)2)25-15-23-24-21(25)27-14-20(26)22-12-6-9-18-7-4-3-5-8-18/h3-5,7-8,10-11,13,15H,6,9,12,14H2,1-2H3,(H,22,26). The van der Waals surface area contributed by atoms with Gasteiger partial charge in [0.2, 0.25) is 5.91 Å². The SMILES string of the molecule is Cc1ccc(-n2cnnc2SCC(=O)NCCCc2ccccc2)cc1C. The Hall–Kier alpha value is -2.60. The zero-order valence-electron chi connectivity index (χ0n) is 15.7. The van der Waals surface area contributed by atoms with Crippen LogP contribution in [-0.4, -0.2) is 33.0 Å². The third kappa shape index (κ3) is 5.44. The van der Waals surface area contributed by atoms with Crippen LogP contribution in [0.2, 0.25) is 0 Å². The zero-order valence-corrected chi connectivity index (χ0v) is 16.5. The molecule has 0 bridgehead atoms. The van der Waals surface area contributed by atoms with Crippen molar-refractivity contribution < 1.29 is 4.79 Å². The lowest BCUT2D eigenvalue weighted by Crippen LogP contribution is -2.26. The monoisotopic (exact) mass is 380 g/mol. The summed E-state index contributed by atoms with van der Waals surface area (Å²) in [4.78, 5) is 12.1. The second-order valence-corrected chi connectivity index (χ2v) is 7.42. The van der Waals surface area contributed by atoms with Gasteiger partial charge in [-0.05, 0) is 55.5 Å². The topological polar surface area (TPSA) is 59.8 Å². The fraction of sp³-hybridized carbons (Fsp3) is 0.286. The average molecular weight is 381 g/mol. The van der Waals surface area contributed by atoms with Crippen LogP contribution in [0.25, 0.3) is 5.69 Å². The van der Waals surface area contributed by atoms with Gasteiger partial charge < -0.3 is 5.32 Å². The highest BCUT2D eigenvalue weighted by Crippen LogP contribution is 2.21. The fourth-order valence-electron chi connectivity index (χ4n) is 2.72. The van der Waals surface area contributed by atoms with Gasteiger partial charge in [-0.3, -0.25) is 9.36 Å². The van der Waals surface area contributed by atoms with Gasteiger partial charge in [0.05, 0.1) is 5.75 Å². The molecule has 0 spiro atoms. The summed E-state index contributed by atoms with van der Waals surface area (Å²) in [5, 5.41) is 11.8. The number of nitrogens with zero attached hydrogens (tertiary/aromatic N) is 3. The first-order valence-electron chi connectivity index (χ1n) is 9.04. The molecule has 3 aromatic rings. The molecule has 1 heterocycles. The summed E-state index contributed by atoms with van der Waals surface area (Å²) >= 11 is 1.40. The van der Waals surface area contributed by atoms with Crippen LogP contribution >= 0.6 is 11.8 Å². The summed E-state index contributed by atoms with van der Waals surface area (Å²) in [6.07, 6.45) is 3.58. The predicted octanol–water partition coefficient (Wildman–Crippen LogP) is 3.73. The van der Waals surface area contributed by atoms with Crippen LogP contribution in [0.5, 0.6) is 0 Å². The third-order valence-electron chi connectivity index (χ3n) is 4.42. The molecule has 0 saturated heterocycles. The maximum absolute atomic E-state index is 12.1. The molecular formula is C21H24N4OS. The number of aromatic nitrogens is 3. The van der Waals surface area contributed by atoms with Crippen molar-refractivity contribution in [3.8, 4) is 5.69 Å². The molecule has 140 valence electrons. The molecule has 1 amide bonds. The van der Waals surface area contributed by atoms with E-state index in [2.05, 4.69) is 53.6 Å². The molecule has 2 aromatic carbocycles. The van der Waals surface area contributed by atoms with E-state index >= 15 is 0 Å². The van der Waals surface area contributed by atoms with Gasteiger partial charge in [0, 0.05) is 12.2 Å². The van der Waals surface area contributed by atoms with Gasteiger partial charge in [0.15, 0.2) is 5.16 Å². The molecule has 0 unspecified atom stereocenters. The summed E-state index contributed by atoms with van der Waals surface area (Å²) in [5.74, 6) is 0.345. The van der Waals surface area contributed by atoms with Crippen molar-refractivity contribution in [1.29, 1.82) is 0 Å². The first kappa shape index (κ1) is 19.2. The molecule has 3 rings (SSSR count). The lowest BCUT2D eigenvalue weighted by Gasteiger charge is -2.09. The van der Waals surface area contributed by atoms with Crippen molar-refractivity contribution in [2.24, 2.45) is 0 Å². The van der Waals surface area contributed by atoms with E-state index in [1.807, 2.05) is 28.8 Å². The molecular weight excluding hydrogens is 356 g/mol. The minimum Gasteiger partial charge on any atom is -0.355 e. The van der Waals surface area contributed by atoms with E-state index in [4.69, 9.17) is 0 Å². The molecule has 0 saturated carbocycles. The summed E-state index contributed by atoms with van der Waals surface area (Å²) in [6, 6.07) is 16.5. The highest BCUT2D eigenvalue weighted by Gasteiger charge is 2.10. The second kappa shape index (κ2) is 9.37. The Morgan fingerprint density at radius 3 is 2.70 bits per heavy atom. The first-order valence-corrected chi connectivity index (χ1v) is 10.0. The van der Waals surface area contributed by atoms with Gasteiger partial charge >= 0.3 is 0 Å². The van der Waals surface area contributed by atoms with Crippen LogP contribution < -0.4 is 5.32 Å². The van der Waals surface area contributed by atoms with E-state index in [0.29, 0.717) is 12.3 Å². The largest absolute Gasteiger partial charge is 0.355 e. The van der Waals surface area contributed by atoms with Crippen LogP contribution in [0.15, 0.2) is 60.0 Å². The molecule has 0 atom stereocenters. The highest BCUT2D eigenvalue weighted by atomic mass is 32.2. The van der Waals surface area contributed by atoms with E-state index in [9.17, 15) is 4.79 Å². The van der Waals surface area contributed by atoms with E-state index < -0.39 is 0 Å². The number of nitrogens with one attached hydrogen (secondary N) is 1. The van der Waals surface area contributed by atoms with Crippen LogP contribution in [0, 0.1) is 13.8 Å². The lowest BCUT2D eigenvalue weighted by molar-refractivity contribution is -0.118. The summed E-state index contributed by atoms with van der Waals surface area (Å²) < 4.78 is 1.92. The quantitative estimate of drug-likeness (QED) is 0.478. The zero-order chi connectivity index (χ0) is 19.1. The Kier molecular flexibility index (Phi) is 6.65. The number of carbonyl (C=O) groups excluding carboxylic acids is 1. The second-order valence-electron chi connectivity index (χ2n) is 6.48. The Balaban J connectivity index is 1.47. The van der Waals surface area contributed by atoms with Crippen LogP contribution in [0.1, 0.15) is 23.1 Å². The molecule has 0 aliphatic carbocycles. The van der Waals surface area contributed by atoms with Gasteiger partial charge in [0.25, 0.3) is 0 Å². The number of hydrogen-bond donors (Lipinski definition) is 1. The molecule has 5 nitrogen and oxygen atoms in total. The fourth-order valence-corrected chi connectivity index (χ4v) is 3.48. The molecule has 0 fully saturated rings. The maximum Gasteiger partial charge on any atom is 0.230 e. The van der Waals surface area contributed by atoms with Crippen molar-refractivity contribution in [3.63, 3.8) is 0 Å². The van der Waals surface area contributed by atoms with Crippen molar-refractivity contribution in [2.75, 3.05) is 12.3 Å². The van der Waals surface area contributed by atoms with Gasteiger partial charge in [-0.15, -0.1) is 10.2 Å².